The third-order valence-corrected chi connectivity index (χ3v) is 6.73. The molecule has 0 radical (unpaired) electrons. The zero-order chi connectivity index (χ0) is 23.4. The molecule has 0 spiro atoms. The van der Waals surface area contributed by atoms with Gasteiger partial charge in [0.05, 0.1) is 12.1 Å². The van der Waals surface area contributed by atoms with Crippen molar-refractivity contribution in [1.29, 1.82) is 0 Å². The average molecular weight is 474 g/mol. The Balaban J connectivity index is 1.81. The van der Waals surface area contributed by atoms with Crippen LogP contribution < -0.4 is 16.7 Å². The third-order valence-electron chi connectivity index (χ3n) is 5.92. The summed E-state index contributed by atoms with van der Waals surface area (Å²) in [4.78, 5) is 0. The molecule has 0 aliphatic carbocycles. The van der Waals surface area contributed by atoms with Gasteiger partial charge in [-0.15, -0.1) is 0 Å². The lowest BCUT2D eigenvalue weighted by atomic mass is 9.55. The van der Waals surface area contributed by atoms with E-state index < -0.39 is 13.0 Å². The summed E-state index contributed by atoms with van der Waals surface area (Å²) in [5.41, 5.74) is 12.8. The van der Waals surface area contributed by atoms with Crippen LogP contribution in [0.1, 0.15) is 34.4 Å². The van der Waals surface area contributed by atoms with E-state index in [2.05, 4.69) is 24.3 Å². The minimum atomic E-state index is -0.402. The standard InChI is InChI=1S/C28H26BCl2NO/c1-19-13-15-23(17-25(19)30)29(24-16-14-20(2)26(31)18-24)33-28(22-11-7-4-8-12-22)27(32)21-9-5-3-6-10-21/h3-18,27-28H,32H2,1-2H3/t27-,28+/m0/s1. The smallest absolute Gasteiger partial charge is 0.362 e. The molecule has 0 heterocycles. The van der Waals surface area contributed by atoms with Crippen molar-refractivity contribution < 1.29 is 4.65 Å². The molecular weight excluding hydrogens is 448 g/mol. The first kappa shape index (κ1) is 23.6. The van der Waals surface area contributed by atoms with Crippen LogP contribution in [-0.4, -0.2) is 6.92 Å². The summed E-state index contributed by atoms with van der Waals surface area (Å²) in [6.45, 7) is 3.58. The van der Waals surface area contributed by atoms with Gasteiger partial charge in [0.2, 0.25) is 0 Å². The molecule has 2 atom stereocenters. The Morgan fingerprint density at radius 2 is 1.12 bits per heavy atom. The highest BCUT2D eigenvalue weighted by Gasteiger charge is 2.31. The van der Waals surface area contributed by atoms with Crippen molar-refractivity contribution >= 4 is 41.0 Å². The molecule has 4 aromatic carbocycles. The molecule has 166 valence electrons. The molecule has 2 N–H and O–H groups in total. The largest absolute Gasteiger partial charge is 0.418 e. The third kappa shape index (κ3) is 5.51. The average Bonchev–Trinajstić information content (AvgIpc) is 2.84. The van der Waals surface area contributed by atoms with E-state index in [9.17, 15) is 0 Å². The predicted molar refractivity (Wildman–Crippen MR) is 141 cm³/mol. The molecule has 33 heavy (non-hydrogen) atoms. The molecule has 2 nitrogen and oxygen atoms in total. The molecule has 0 aliphatic heterocycles. The Morgan fingerprint density at radius 1 is 0.667 bits per heavy atom. The summed E-state index contributed by atoms with van der Waals surface area (Å²) in [7, 11) is 0. The highest BCUT2D eigenvalue weighted by Crippen LogP contribution is 2.31. The van der Waals surface area contributed by atoms with Gasteiger partial charge in [0.25, 0.3) is 0 Å². The van der Waals surface area contributed by atoms with Crippen molar-refractivity contribution in [1.82, 2.24) is 0 Å². The van der Waals surface area contributed by atoms with Gasteiger partial charge in [-0.05, 0) is 59.2 Å². The number of aryl methyl sites for hydroxylation is 2. The number of halogens is 2. The van der Waals surface area contributed by atoms with Crippen LogP contribution in [0.5, 0.6) is 0 Å². The van der Waals surface area contributed by atoms with Crippen molar-refractivity contribution in [3.8, 4) is 0 Å². The first-order chi connectivity index (χ1) is 15.9. The van der Waals surface area contributed by atoms with Crippen molar-refractivity contribution in [2.24, 2.45) is 5.73 Å². The zero-order valence-electron chi connectivity index (χ0n) is 18.7. The Hall–Kier alpha value is -2.56. The summed E-state index contributed by atoms with van der Waals surface area (Å²) < 4.78 is 6.87. The van der Waals surface area contributed by atoms with Crippen LogP contribution in [0, 0.1) is 13.8 Å². The summed E-state index contributed by atoms with van der Waals surface area (Å²) in [5, 5.41) is 1.39. The first-order valence-electron chi connectivity index (χ1n) is 11.0. The fraction of sp³-hybridized carbons (Fsp3) is 0.143. The molecule has 4 aromatic rings. The second-order valence-corrected chi connectivity index (χ2v) is 9.12. The Bertz CT molecular complexity index is 1170. The van der Waals surface area contributed by atoms with E-state index in [-0.39, 0.29) is 6.04 Å². The molecule has 5 heteroatoms. The number of hydrogen-bond acceptors (Lipinski definition) is 2. The van der Waals surface area contributed by atoms with E-state index in [1.807, 2.05) is 86.6 Å². The molecule has 0 fully saturated rings. The fourth-order valence-electron chi connectivity index (χ4n) is 3.90. The highest BCUT2D eigenvalue weighted by molar-refractivity contribution is 6.80. The number of nitrogens with two attached hydrogens (primary N) is 1. The second kappa shape index (κ2) is 10.6. The van der Waals surface area contributed by atoms with Gasteiger partial charge in [0, 0.05) is 10.0 Å². The molecule has 0 saturated heterocycles. The van der Waals surface area contributed by atoms with Crippen molar-refractivity contribution in [3.63, 3.8) is 0 Å². The van der Waals surface area contributed by atoms with E-state index in [0.29, 0.717) is 10.0 Å². The topological polar surface area (TPSA) is 35.2 Å². The van der Waals surface area contributed by atoms with Crippen LogP contribution >= 0.6 is 23.2 Å². The first-order valence-corrected chi connectivity index (χ1v) is 11.7. The molecule has 0 aliphatic rings. The molecule has 0 saturated carbocycles. The lowest BCUT2D eigenvalue weighted by Crippen LogP contribution is -2.47. The fourth-order valence-corrected chi connectivity index (χ4v) is 4.28. The zero-order valence-corrected chi connectivity index (χ0v) is 20.2. The van der Waals surface area contributed by atoms with Crippen molar-refractivity contribution in [2.45, 2.75) is 26.0 Å². The minimum Gasteiger partial charge on any atom is -0.418 e. The van der Waals surface area contributed by atoms with Gasteiger partial charge in [0.1, 0.15) is 0 Å². The maximum atomic E-state index is 6.87. The van der Waals surface area contributed by atoms with Crippen LogP contribution in [0.3, 0.4) is 0 Å². The number of rotatable bonds is 7. The lowest BCUT2D eigenvalue weighted by Gasteiger charge is -2.29. The molecule has 0 amide bonds. The van der Waals surface area contributed by atoms with Gasteiger partial charge in [-0.1, -0.05) is 108 Å². The van der Waals surface area contributed by atoms with Gasteiger partial charge >= 0.3 is 6.92 Å². The maximum Gasteiger partial charge on any atom is 0.362 e. The summed E-state index contributed by atoms with van der Waals surface area (Å²) in [5.74, 6) is 0. The quantitative estimate of drug-likeness (QED) is 0.325. The Kier molecular flexibility index (Phi) is 7.57. The Morgan fingerprint density at radius 3 is 1.58 bits per heavy atom. The van der Waals surface area contributed by atoms with E-state index in [4.69, 9.17) is 33.6 Å². The SMILES string of the molecule is Cc1ccc(B(O[C@H](c2ccccc2)[C@@H](N)c2ccccc2)c2ccc(C)c(Cl)c2)cc1Cl. The predicted octanol–water partition coefficient (Wildman–Crippen LogP) is 6.17. The number of benzene rings is 4. The summed E-state index contributed by atoms with van der Waals surface area (Å²) >= 11 is 13.0. The normalized spacial score (nSPS) is 12.9. The lowest BCUT2D eigenvalue weighted by molar-refractivity contribution is 0.181. The van der Waals surface area contributed by atoms with Gasteiger partial charge < -0.3 is 10.4 Å². The molecule has 4 rings (SSSR count). The van der Waals surface area contributed by atoms with E-state index in [1.54, 1.807) is 0 Å². The van der Waals surface area contributed by atoms with Crippen LogP contribution in [0.25, 0.3) is 0 Å². The van der Waals surface area contributed by atoms with Crippen LogP contribution in [0.2, 0.25) is 10.0 Å². The van der Waals surface area contributed by atoms with Crippen LogP contribution in [0.4, 0.5) is 0 Å². The molecule has 0 bridgehead atoms. The maximum absolute atomic E-state index is 6.87. The van der Waals surface area contributed by atoms with E-state index in [0.717, 1.165) is 33.2 Å². The van der Waals surface area contributed by atoms with E-state index in [1.165, 1.54) is 0 Å². The van der Waals surface area contributed by atoms with Gasteiger partial charge in [-0.3, -0.25) is 0 Å². The van der Waals surface area contributed by atoms with Crippen LogP contribution in [0.15, 0.2) is 97.1 Å². The van der Waals surface area contributed by atoms with E-state index >= 15 is 0 Å². The molecular formula is C28H26BCl2NO. The highest BCUT2D eigenvalue weighted by atomic mass is 35.5. The Labute approximate surface area is 206 Å². The van der Waals surface area contributed by atoms with Gasteiger partial charge in [-0.2, -0.15) is 0 Å². The van der Waals surface area contributed by atoms with Gasteiger partial charge in [-0.25, -0.2) is 0 Å². The van der Waals surface area contributed by atoms with Gasteiger partial charge in [0.15, 0.2) is 0 Å². The van der Waals surface area contributed by atoms with Crippen molar-refractivity contribution in [2.75, 3.05) is 0 Å². The van der Waals surface area contributed by atoms with Crippen molar-refractivity contribution in [3.05, 3.63) is 129 Å². The van der Waals surface area contributed by atoms with Crippen LogP contribution in [-0.2, 0) is 4.65 Å². The number of hydrogen-bond donors (Lipinski definition) is 1. The summed E-state index contributed by atoms with van der Waals surface area (Å²) in [6.07, 6.45) is -0.390. The minimum absolute atomic E-state index is 0.363. The second-order valence-electron chi connectivity index (χ2n) is 8.30. The molecule has 0 aromatic heterocycles. The monoisotopic (exact) mass is 473 g/mol. The summed E-state index contributed by atoms with van der Waals surface area (Å²) in [6, 6.07) is 31.8. The molecule has 0 unspecified atom stereocenters.